The van der Waals surface area contributed by atoms with Gasteiger partial charge in [0.1, 0.15) is 16.9 Å². The number of amides is 1. The van der Waals surface area contributed by atoms with Gasteiger partial charge in [0.25, 0.3) is 11.8 Å². The minimum Gasteiger partial charge on any atom is -0.467 e. The number of allylic oxidation sites excluding steroid dienone is 2. The highest BCUT2D eigenvalue weighted by molar-refractivity contribution is 7.81. The van der Waals surface area contributed by atoms with Crippen LogP contribution in [0.15, 0.2) is 72.8 Å². The van der Waals surface area contributed by atoms with Gasteiger partial charge in [-0.3, -0.25) is 9.69 Å². The molecule has 6 rings (SSSR count). The number of rotatable bonds is 9. The summed E-state index contributed by atoms with van der Waals surface area (Å²) in [4.78, 5) is 38.2. The number of halogens is 3. The van der Waals surface area contributed by atoms with Crippen LogP contribution in [0.5, 0.6) is 5.88 Å². The summed E-state index contributed by atoms with van der Waals surface area (Å²) in [5, 5.41) is 9.57. The second-order valence-corrected chi connectivity index (χ2v) is 12.8. The smallest absolute Gasteiger partial charge is 0.338 e. The molecule has 0 bridgehead atoms. The van der Waals surface area contributed by atoms with E-state index in [0.29, 0.717) is 23.9 Å². The maximum absolute atomic E-state index is 16.1. The summed E-state index contributed by atoms with van der Waals surface area (Å²) in [6, 6.07) is 16.6. The number of nitriles is 1. The molecule has 3 heterocycles. The molecule has 0 saturated carbocycles. The summed E-state index contributed by atoms with van der Waals surface area (Å²) < 4.78 is 63.8. The van der Waals surface area contributed by atoms with Crippen LogP contribution in [0.4, 0.5) is 24.5 Å². The Labute approximate surface area is 297 Å². The number of ether oxygens (including phenoxy) is 3. The number of esters is 1. The molecular weight excluding hydrogens is 683 g/mol. The summed E-state index contributed by atoms with van der Waals surface area (Å²) in [6.07, 6.45) is 0.590. The number of benzene rings is 3. The van der Waals surface area contributed by atoms with Crippen LogP contribution in [-0.4, -0.2) is 57.9 Å². The van der Waals surface area contributed by atoms with Crippen molar-refractivity contribution in [2.45, 2.75) is 57.8 Å². The van der Waals surface area contributed by atoms with Crippen LogP contribution < -0.4 is 14.5 Å². The highest BCUT2D eigenvalue weighted by atomic mass is 32.1. The second-order valence-electron chi connectivity index (χ2n) is 12.4. The van der Waals surface area contributed by atoms with Gasteiger partial charge in [-0.1, -0.05) is 31.2 Å². The van der Waals surface area contributed by atoms with E-state index in [1.165, 1.54) is 42.2 Å². The first-order valence-corrected chi connectivity index (χ1v) is 16.5. The van der Waals surface area contributed by atoms with Crippen molar-refractivity contribution in [2.75, 3.05) is 23.0 Å². The lowest BCUT2D eigenvalue weighted by Gasteiger charge is -2.30. The van der Waals surface area contributed by atoms with E-state index >= 15 is 13.2 Å². The maximum atomic E-state index is 16.1. The number of thiocarbonyl (C=S) groups is 1. The predicted octanol–water partition coefficient (Wildman–Crippen LogP) is 6.79. The zero-order chi connectivity index (χ0) is 36.7. The van der Waals surface area contributed by atoms with Crippen molar-refractivity contribution in [1.29, 1.82) is 5.26 Å². The van der Waals surface area contributed by atoms with E-state index in [9.17, 15) is 14.9 Å². The number of aryl methyl sites for hydroxylation is 1. The van der Waals surface area contributed by atoms with Gasteiger partial charge in [0.05, 0.1) is 41.5 Å². The molecule has 0 radical (unpaired) electrons. The summed E-state index contributed by atoms with van der Waals surface area (Å²) in [5.74, 6) is -5.09. The monoisotopic (exact) mass is 715 g/mol. The molecule has 10 nitrogen and oxygen atoms in total. The van der Waals surface area contributed by atoms with Crippen molar-refractivity contribution >= 4 is 51.5 Å². The van der Waals surface area contributed by atoms with Gasteiger partial charge in [0.15, 0.2) is 23.1 Å². The standard InChI is InChI=1S/C37H32F3N5O5S/c1-5-14-37(39,40)26-16-23(13-12-22(26)18-41)44-34(47)36(3,4)45(35(44)51)24-15-25-31(27(38)17-24)42-30(6-2)43-32(25)49-28-19-48-20-29(28)50-33(46)21-10-8-7-9-11-21/h5,7-17,28-29H,6,19-20H2,1-4H3/b14-5+/t28-,29-/m0/s1. The first kappa shape index (κ1) is 35.4. The van der Waals surface area contributed by atoms with E-state index < -0.39 is 46.9 Å². The van der Waals surface area contributed by atoms with Crippen LogP contribution in [0.2, 0.25) is 0 Å². The Morgan fingerprint density at radius 2 is 1.84 bits per heavy atom. The normalized spacial score (nSPS) is 18.9. The van der Waals surface area contributed by atoms with Crippen LogP contribution >= 0.6 is 12.2 Å². The van der Waals surface area contributed by atoms with Gasteiger partial charge < -0.3 is 19.1 Å². The fraction of sp³-hybridized carbons (Fsp3) is 0.297. The Morgan fingerprint density at radius 3 is 2.53 bits per heavy atom. The van der Waals surface area contributed by atoms with Gasteiger partial charge in [-0.15, -0.1) is 0 Å². The molecule has 0 unspecified atom stereocenters. The second kappa shape index (κ2) is 13.7. The zero-order valence-electron chi connectivity index (χ0n) is 28.0. The molecule has 2 atom stereocenters. The van der Waals surface area contributed by atoms with Crippen molar-refractivity contribution in [3.05, 3.63) is 101 Å². The quantitative estimate of drug-likeness (QED) is 0.104. The molecule has 3 aromatic carbocycles. The predicted molar refractivity (Wildman–Crippen MR) is 186 cm³/mol. The van der Waals surface area contributed by atoms with E-state index in [4.69, 9.17) is 26.4 Å². The lowest BCUT2D eigenvalue weighted by molar-refractivity contribution is -0.120. The minimum absolute atomic E-state index is 0.00269. The average Bonchev–Trinajstić information content (AvgIpc) is 3.61. The van der Waals surface area contributed by atoms with Crippen LogP contribution in [0.1, 0.15) is 55.0 Å². The van der Waals surface area contributed by atoms with Gasteiger partial charge in [-0.25, -0.2) is 14.2 Å². The van der Waals surface area contributed by atoms with Gasteiger partial charge in [0.2, 0.25) is 5.88 Å². The van der Waals surface area contributed by atoms with Crippen molar-refractivity contribution in [1.82, 2.24) is 9.97 Å². The molecule has 262 valence electrons. The molecule has 4 aromatic rings. The first-order chi connectivity index (χ1) is 24.3. The van der Waals surface area contributed by atoms with E-state index in [-0.39, 0.29) is 52.0 Å². The summed E-state index contributed by atoms with van der Waals surface area (Å²) in [7, 11) is 0. The Morgan fingerprint density at radius 1 is 1.12 bits per heavy atom. The van der Waals surface area contributed by atoms with Crippen molar-refractivity contribution < 1.29 is 37.0 Å². The number of hydrogen-bond acceptors (Lipinski definition) is 9. The average molecular weight is 716 g/mol. The number of hydrogen-bond donors (Lipinski definition) is 0. The first-order valence-electron chi connectivity index (χ1n) is 16.1. The molecule has 14 heteroatoms. The van der Waals surface area contributed by atoms with Crippen LogP contribution in [0, 0.1) is 17.1 Å². The number of anilines is 2. The van der Waals surface area contributed by atoms with Gasteiger partial charge in [0, 0.05) is 17.7 Å². The number of fused-ring (bicyclic) bond motifs is 1. The SMILES string of the molecule is C/C=C/C(F)(F)c1cc(N2C(=O)C(C)(C)N(c3cc(F)c4nc(CC)nc(O[C@H]5COC[C@@H]5OC(=O)c5ccccc5)c4c3)C2=S)ccc1C#N. The summed E-state index contributed by atoms with van der Waals surface area (Å²) >= 11 is 5.77. The fourth-order valence-corrected chi connectivity index (χ4v) is 6.55. The van der Waals surface area contributed by atoms with Gasteiger partial charge >= 0.3 is 5.97 Å². The molecule has 1 amide bonds. The molecule has 2 aliphatic rings. The zero-order valence-corrected chi connectivity index (χ0v) is 28.8. The Kier molecular flexibility index (Phi) is 9.54. The minimum atomic E-state index is -3.51. The molecule has 1 aromatic heterocycles. The third-order valence-electron chi connectivity index (χ3n) is 8.62. The third kappa shape index (κ3) is 6.50. The van der Waals surface area contributed by atoms with E-state index in [2.05, 4.69) is 9.97 Å². The Hall–Kier alpha value is -5.39. The lowest BCUT2D eigenvalue weighted by Crippen LogP contribution is -2.44. The highest BCUT2D eigenvalue weighted by Gasteiger charge is 2.51. The number of aromatic nitrogens is 2. The molecular formula is C37H32F3N5O5S. The third-order valence-corrected chi connectivity index (χ3v) is 8.98. The van der Waals surface area contributed by atoms with Crippen LogP contribution in [0.25, 0.3) is 10.9 Å². The van der Waals surface area contributed by atoms with E-state index in [1.807, 2.05) is 0 Å². The maximum Gasteiger partial charge on any atom is 0.338 e. The largest absolute Gasteiger partial charge is 0.467 e. The van der Waals surface area contributed by atoms with Crippen molar-refractivity contribution in [3.8, 4) is 11.9 Å². The molecule has 2 saturated heterocycles. The molecule has 2 aliphatic heterocycles. The van der Waals surface area contributed by atoms with E-state index in [0.717, 1.165) is 11.0 Å². The van der Waals surface area contributed by atoms with Crippen LogP contribution in [-0.2, 0) is 26.6 Å². The number of nitrogens with zero attached hydrogens (tertiary/aromatic N) is 5. The number of carbonyl (C=O) groups is 2. The number of carbonyl (C=O) groups excluding carboxylic acids is 2. The molecule has 0 spiro atoms. The number of alkyl halides is 2. The lowest BCUT2D eigenvalue weighted by atomic mass is 9.99. The molecule has 0 aliphatic carbocycles. The Bertz CT molecular complexity index is 2120. The fourth-order valence-electron chi connectivity index (χ4n) is 6.03. The topological polar surface area (TPSA) is 118 Å². The van der Waals surface area contributed by atoms with Gasteiger partial charge in [-0.2, -0.15) is 19.0 Å². The van der Waals surface area contributed by atoms with Crippen molar-refractivity contribution in [2.24, 2.45) is 0 Å². The summed E-state index contributed by atoms with van der Waals surface area (Å²) in [5.41, 5.74) is -1.82. The summed E-state index contributed by atoms with van der Waals surface area (Å²) in [6.45, 7) is 6.50. The Balaban J connectivity index is 1.38. The van der Waals surface area contributed by atoms with Gasteiger partial charge in [-0.05, 0) is 81.5 Å². The molecule has 51 heavy (non-hydrogen) atoms. The molecule has 2 fully saturated rings. The van der Waals surface area contributed by atoms with Crippen LogP contribution in [0.3, 0.4) is 0 Å². The van der Waals surface area contributed by atoms with Crippen molar-refractivity contribution in [3.63, 3.8) is 0 Å². The van der Waals surface area contributed by atoms with E-state index in [1.54, 1.807) is 57.2 Å². The molecule has 0 N–H and O–H groups in total. The highest BCUT2D eigenvalue weighted by Crippen LogP contribution is 2.41.